The second kappa shape index (κ2) is 5.86. The highest BCUT2D eigenvalue weighted by Crippen LogP contribution is 2.42. The standard InChI is InChI=1S/C17H18ClNO/c1-2-19-15-11-17(12-7-3-5-9-14(12)18)20-16-10-6-4-8-13(15)16/h3-10,15,17,19H,2,11H2,1H3. The van der Waals surface area contributed by atoms with E-state index in [2.05, 4.69) is 24.4 Å². The first-order chi connectivity index (χ1) is 9.79. The third kappa shape index (κ3) is 2.54. The van der Waals surface area contributed by atoms with Gasteiger partial charge in [0.05, 0.1) is 0 Å². The third-order valence-corrected chi connectivity index (χ3v) is 4.06. The molecule has 2 unspecified atom stereocenters. The molecule has 0 aliphatic carbocycles. The molecule has 1 aliphatic rings. The normalized spacial score (nSPS) is 21.1. The van der Waals surface area contributed by atoms with Crippen molar-refractivity contribution in [1.29, 1.82) is 0 Å². The molecular formula is C17H18ClNO. The maximum Gasteiger partial charge on any atom is 0.127 e. The lowest BCUT2D eigenvalue weighted by molar-refractivity contribution is 0.152. The van der Waals surface area contributed by atoms with Crippen LogP contribution in [0, 0.1) is 0 Å². The maximum absolute atomic E-state index is 6.31. The second-order valence-corrected chi connectivity index (χ2v) is 5.42. The second-order valence-electron chi connectivity index (χ2n) is 5.01. The largest absolute Gasteiger partial charge is 0.485 e. The van der Waals surface area contributed by atoms with Crippen LogP contribution in [0.2, 0.25) is 5.02 Å². The van der Waals surface area contributed by atoms with E-state index in [0.717, 1.165) is 29.3 Å². The van der Waals surface area contributed by atoms with E-state index in [-0.39, 0.29) is 6.10 Å². The van der Waals surface area contributed by atoms with E-state index < -0.39 is 0 Å². The van der Waals surface area contributed by atoms with E-state index in [1.807, 2.05) is 36.4 Å². The van der Waals surface area contributed by atoms with Crippen LogP contribution in [0.5, 0.6) is 5.75 Å². The van der Waals surface area contributed by atoms with Crippen LogP contribution < -0.4 is 10.1 Å². The zero-order valence-corrected chi connectivity index (χ0v) is 12.2. The van der Waals surface area contributed by atoms with Crippen LogP contribution in [0.1, 0.15) is 36.6 Å². The van der Waals surface area contributed by atoms with Gasteiger partial charge < -0.3 is 10.1 Å². The molecule has 20 heavy (non-hydrogen) atoms. The van der Waals surface area contributed by atoms with Crippen molar-refractivity contribution < 1.29 is 4.74 Å². The Morgan fingerprint density at radius 3 is 2.55 bits per heavy atom. The van der Waals surface area contributed by atoms with E-state index in [1.54, 1.807) is 0 Å². The molecule has 0 saturated carbocycles. The molecule has 0 radical (unpaired) electrons. The van der Waals surface area contributed by atoms with Crippen LogP contribution in [0.25, 0.3) is 0 Å². The van der Waals surface area contributed by atoms with E-state index in [9.17, 15) is 0 Å². The quantitative estimate of drug-likeness (QED) is 0.896. The summed E-state index contributed by atoms with van der Waals surface area (Å²) in [5.41, 5.74) is 2.30. The van der Waals surface area contributed by atoms with E-state index >= 15 is 0 Å². The highest BCUT2D eigenvalue weighted by atomic mass is 35.5. The molecule has 0 aromatic heterocycles. The van der Waals surface area contributed by atoms with Crippen molar-refractivity contribution in [3.8, 4) is 5.75 Å². The molecule has 0 fully saturated rings. The van der Waals surface area contributed by atoms with Gasteiger partial charge in [0.2, 0.25) is 0 Å². The number of benzene rings is 2. The Morgan fingerprint density at radius 1 is 1.10 bits per heavy atom. The average Bonchev–Trinajstić information content (AvgIpc) is 2.48. The fourth-order valence-corrected chi connectivity index (χ4v) is 3.04. The van der Waals surface area contributed by atoms with Gasteiger partial charge in [-0.2, -0.15) is 0 Å². The Kier molecular flexibility index (Phi) is 3.95. The highest BCUT2D eigenvalue weighted by Gasteiger charge is 2.29. The van der Waals surface area contributed by atoms with Gasteiger partial charge in [0.1, 0.15) is 11.9 Å². The van der Waals surface area contributed by atoms with Crippen molar-refractivity contribution >= 4 is 11.6 Å². The lowest BCUT2D eigenvalue weighted by Crippen LogP contribution is -2.29. The van der Waals surface area contributed by atoms with Crippen LogP contribution in [-0.2, 0) is 0 Å². The SMILES string of the molecule is CCNC1CC(c2ccccc2Cl)Oc2ccccc21. The molecule has 2 aromatic carbocycles. The smallest absolute Gasteiger partial charge is 0.127 e. The number of nitrogens with one attached hydrogen (secondary N) is 1. The molecule has 0 bridgehead atoms. The highest BCUT2D eigenvalue weighted by molar-refractivity contribution is 6.31. The number of ether oxygens (including phenoxy) is 1. The van der Waals surface area contributed by atoms with Crippen LogP contribution in [-0.4, -0.2) is 6.54 Å². The molecule has 0 spiro atoms. The summed E-state index contributed by atoms with van der Waals surface area (Å²) in [5.74, 6) is 0.953. The van der Waals surface area contributed by atoms with E-state index in [4.69, 9.17) is 16.3 Å². The topological polar surface area (TPSA) is 21.3 Å². The first-order valence-corrected chi connectivity index (χ1v) is 7.40. The Bertz CT molecular complexity index is 599. The van der Waals surface area contributed by atoms with Gasteiger partial charge in [0, 0.05) is 28.6 Å². The van der Waals surface area contributed by atoms with Crippen molar-refractivity contribution in [3.05, 3.63) is 64.7 Å². The van der Waals surface area contributed by atoms with Gasteiger partial charge in [0.25, 0.3) is 0 Å². The Labute approximate surface area is 124 Å². The Morgan fingerprint density at radius 2 is 1.80 bits per heavy atom. The first-order valence-electron chi connectivity index (χ1n) is 7.03. The number of rotatable bonds is 3. The summed E-state index contributed by atoms with van der Waals surface area (Å²) >= 11 is 6.31. The number of hydrogen-bond acceptors (Lipinski definition) is 2. The summed E-state index contributed by atoms with van der Waals surface area (Å²) in [6.07, 6.45) is 0.900. The van der Waals surface area contributed by atoms with E-state index in [1.165, 1.54) is 5.56 Å². The van der Waals surface area contributed by atoms with Crippen LogP contribution >= 0.6 is 11.6 Å². The van der Waals surface area contributed by atoms with Gasteiger partial charge in [-0.25, -0.2) is 0 Å². The lowest BCUT2D eigenvalue weighted by Gasteiger charge is -2.33. The number of hydrogen-bond donors (Lipinski definition) is 1. The first kappa shape index (κ1) is 13.5. The summed E-state index contributed by atoms with van der Waals surface area (Å²) in [5, 5.41) is 4.31. The Balaban J connectivity index is 1.96. The predicted octanol–water partition coefficient (Wildman–Crippen LogP) is 4.51. The molecule has 1 N–H and O–H groups in total. The molecule has 1 aliphatic heterocycles. The van der Waals surface area contributed by atoms with Gasteiger partial charge in [0.15, 0.2) is 0 Å². The van der Waals surface area contributed by atoms with Crippen molar-refractivity contribution in [1.82, 2.24) is 5.32 Å². The summed E-state index contributed by atoms with van der Waals surface area (Å²) in [7, 11) is 0. The molecule has 1 heterocycles. The number of fused-ring (bicyclic) bond motifs is 1. The van der Waals surface area contributed by atoms with Crippen molar-refractivity contribution in [3.63, 3.8) is 0 Å². The van der Waals surface area contributed by atoms with Crippen molar-refractivity contribution in [2.75, 3.05) is 6.54 Å². The minimum Gasteiger partial charge on any atom is -0.485 e. The minimum absolute atomic E-state index is 0.00245. The van der Waals surface area contributed by atoms with E-state index in [0.29, 0.717) is 6.04 Å². The van der Waals surface area contributed by atoms with Crippen LogP contribution in [0.3, 0.4) is 0 Å². The molecule has 104 valence electrons. The molecule has 0 amide bonds. The third-order valence-electron chi connectivity index (χ3n) is 3.72. The van der Waals surface area contributed by atoms with Gasteiger partial charge >= 0.3 is 0 Å². The lowest BCUT2D eigenvalue weighted by atomic mass is 9.93. The molecule has 2 aromatic rings. The van der Waals surface area contributed by atoms with Crippen LogP contribution in [0.15, 0.2) is 48.5 Å². The summed E-state index contributed by atoms with van der Waals surface area (Å²) in [6.45, 7) is 3.07. The van der Waals surface area contributed by atoms with Crippen molar-refractivity contribution in [2.24, 2.45) is 0 Å². The van der Waals surface area contributed by atoms with Gasteiger partial charge in [-0.3, -0.25) is 0 Å². The van der Waals surface area contributed by atoms with Crippen LogP contribution in [0.4, 0.5) is 0 Å². The Hall–Kier alpha value is -1.51. The maximum atomic E-state index is 6.31. The summed E-state index contributed by atoms with van der Waals surface area (Å²) in [4.78, 5) is 0. The number of halogens is 1. The minimum atomic E-state index is 0.00245. The van der Waals surface area contributed by atoms with Gasteiger partial charge in [-0.05, 0) is 18.7 Å². The zero-order valence-electron chi connectivity index (χ0n) is 11.5. The number of para-hydroxylation sites is 1. The summed E-state index contributed by atoms with van der Waals surface area (Å²) < 4.78 is 6.15. The molecule has 2 atom stereocenters. The fourth-order valence-electron chi connectivity index (χ4n) is 2.78. The zero-order chi connectivity index (χ0) is 13.9. The van der Waals surface area contributed by atoms with Gasteiger partial charge in [-0.1, -0.05) is 54.9 Å². The molecule has 3 rings (SSSR count). The molecule has 0 saturated heterocycles. The molecular weight excluding hydrogens is 270 g/mol. The summed E-state index contributed by atoms with van der Waals surface area (Å²) in [6, 6.07) is 16.5. The monoisotopic (exact) mass is 287 g/mol. The van der Waals surface area contributed by atoms with Gasteiger partial charge in [-0.15, -0.1) is 0 Å². The fraction of sp³-hybridized carbons (Fsp3) is 0.294. The molecule has 2 nitrogen and oxygen atoms in total. The molecule has 3 heteroatoms. The average molecular weight is 288 g/mol. The predicted molar refractivity (Wildman–Crippen MR) is 82.3 cm³/mol. The van der Waals surface area contributed by atoms with Crippen molar-refractivity contribution in [2.45, 2.75) is 25.5 Å².